The van der Waals surface area contributed by atoms with Crippen LogP contribution in [0.1, 0.15) is 25.7 Å². The van der Waals surface area contributed by atoms with E-state index in [-0.39, 0.29) is 0 Å². The quantitative estimate of drug-likeness (QED) is 0.898. The minimum Gasteiger partial charge on any atom is -0.369 e. The van der Waals surface area contributed by atoms with E-state index >= 15 is 0 Å². The Morgan fingerprint density at radius 1 is 1.29 bits per heavy atom. The van der Waals surface area contributed by atoms with Crippen LogP contribution in [0.4, 0.5) is 5.82 Å². The van der Waals surface area contributed by atoms with Gasteiger partial charge in [-0.3, -0.25) is 0 Å². The van der Waals surface area contributed by atoms with E-state index in [0.29, 0.717) is 0 Å². The molecule has 0 aromatic carbocycles. The largest absolute Gasteiger partial charge is 0.369 e. The van der Waals surface area contributed by atoms with E-state index in [0.717, 1.165) is 35.2 Å². The Hall–Kier alpha value is -0.610. The lowest BCUT2D eigenvalue weighted by atomic mass is 9.82. The molecular weight excluding hydrogens is 278 g/mol. The number of nitrogens with two attached hydrogens (primary N) is 1. The molecule has 1 aliphatic carbocycles. The van der Waals surface area contributed by atoms with Crippen LogP contribution < -0.4 is 11.1 Å². The molecule has 3 N–H and O–H groups in total. The third kappa shape index (κ3) is 3.68. The summed E-state index contributed by atoms with van der Waals surface area (Å²) in [6.07, 6.45) is 6.97. The number of pyridine rings is 1. The molecule has 1 saturated carbocycles. The van der Waals surface area contributed by atoms with Crippen LogP contribution in [-0.2, 0) is 0 Å². The fraction of sp³-hybridized carbons (Fsp3) is 0.615. The molecule has 17 heavy (non-hydrogen) atoms. The van der Waals surface area contributed by atoms with Crippen LogP contribution in [0, 0.1) is 11.8 Å². The molecular formula is C13H20BrN3. The van der Waals surface area contributed by atoms with Crippen LogP contribution >= 0.6 is 15.9 Å². The molecule has 4 heteroatoms. The van der Waals surface area contributed by atoms with E-state index in [1.165, 1.54) is 25.7 Å². The lowest BCUT2D eigenvalue weighted by Gasteiger charge is -2.27. The van der Waals surface area contributed by atoms with Crippen LogP contribution in [0.25, 0.3) is 0 Å². The Balaban J connectivity index is 1.78. The van der Waals surface area contributed by atoms with Crippen LogP contribution in [0.15, 0.2) is 22.8 Å². The number of nitrogens with one attached hydrogen (secondary N) is 1. The Morgan fingerprint density at radius 2 is 2.00 bits per heavy atom. The molecule has 1 aliphatic rings. The first-order chi connectivity index (χ1) is 8.29. The second-order valence-electron chi connectivity index (χ2n) is 4.84. The van der Waals surface area contributed by atoms with Gasteiger partial charge in [-0.15, -0.1) is 0 Å². The normalized spacial score (nSPS) is 24.6. The van der Waals surface area contributed by atoms with Gasteiger partial charge in [0.1, 0.15) is 5.82 Å². The predicted octanol–water partition coefficient (Wildman–Crippen LogP) is 3.02. The fourth-order valence-electron chi connectivity index (χ4n) is 2.43. The summed E-state index contributed by atoms with van der Waals surface area (Å²) in [6.45, 7) is 1.87. The number of hydrogen-bond donors (Lipinski definition) is 2. The van der Waals surface area contributed by atoms with Gasteiger partial charge in [0.2, 0.25) is 0 Å². The summed E-state index contributed by atoms with van der Waals surface area (Å²) < 4.78 is 1.04. The first-order valence-electron chi connectivity index (χ1n) is 6.34. The van der Waals surface area contributed by atoms with E-state index in [4.69, 9.17) is 5.73 Å². The summed E-state index contributed by atoms with van der Waals surface area (Å²) in [6, 6.07) is 3.95. The minimum atomic E-state index is 0.757. The lowest BCUT2D eigenvalue weighted by Crippen LogP contribution is -2.25. The number of aromatic nitrogens is 1. The third-order valence-electron chi connectivity index (χ3n) is 3.62. The molecule has 1 aromatic heterocycles. The van der Waals surface area contributed by atoms with Crippen molar-refractivity contribution in [1.82, 2.24) is 4.98 Å². The number of anilines is 1. The van der Waals surface area contributed by atoms with Gasteiger partial charge in [-0.25, -0.2) is 4.98 Å². The predicted molar refractivity (Wildman–Crippen MR) is 74.9 cm³/mol. The van der Waals surface area contributed by atoms with Crippen molar-refractivity contribution in [2.24, 2.45) is 17.6 Å². The van der Waals surface area contributed by atoms with Gasteiger partial charge in [-0.05, 0) is 72.1 Å². The van der Waals surface area contributed by atoms with Crippen LogP contribution in [0.5, 0.6) is 0 Å². The smallest absolute Gasteiger partial charge is 0.140 e. The summed E-state index contributed by atoms with van der Waals surface area (Å²) in [5, 5.41) is 3.43. The molecule has 0 aliphatic heterocycles. The lowest BCUT2D eigenvalue weighted by molar-refractivity contribution is 0.289. The molecule has 3 nitrogen and oxygen atoms in total. The van der Waals surface area contributed by atoms with Gasteiger partial charge in [0, 0.05) is 12.7 Å². The van der Waals surface area contributed by atoms with Crippen molar-refractivity contribution in [2.45, 2.75) is 25.7 Å². The second-order valence-corrected chi connectivity index (χ2v) is 5.69. The van der Waals surface area contributed by atoms with E-state index < -0.39 is 0 Å². The number of halogens is 1. The van der Waals surface area contributed by atoms with Gasteiger partial charge in [0.25, 0.3) is 0 Å². The molecule has 0 amide bonds. The third-order valence-corrected chi connectivity index (χ3v) is 4.26. The zero-order valence-corrected chi connectivity index (χ0v) is 11.6. The molecule has 0 radical (unpaired) electrons. The Kier molecular flexibility index (Phi) is 4.80. The van der Waals surface area contributed by atoms with Crippen LogP contribution in [0.2, 0.25) is 0 Å². The topological polar surface area (TPSA) is 50.9 Å². The molecule has 1 heterocycles. The highest BCUT2D eigenvalue weighted by atomic mass is 79.9. The first kappa shape index (κ1) is 12.8. The Labute approximate surface area is 111 Å². The zero-order valence-electron chi connectivity index (χ0n) is 10.0. The van der Waals surface area contributed by atoms with E-state index in [1.54, 1.807) is 0 Å². The zero-order chi connectivity index (χ0) is 12.1. The molecule has 94 valence electrons. The average Bonchev–Trinajstić information content (AvgIpc) is 2.38. The van der Waals surface area contributed by atoms with Crippen molar-refractivity contribution in [3.8, 4) is 0 Å². The molecule has 1 fully saturated rings. The maximum absolute atomic E-state index is 5.70. The highest BCUT2D eigenvalue weighted by Crippen LogP contribution is 2.28. The van der Waals surface area contributed by atoms with Crippen molar-refractivity contribution in [1.29, 1.82) is 0 Å². The van der Waals surface area contributed by atoms with Crippen LogP contribution in [0.3, 0.4) is 0 Å². The molecule has 0 spiro atoms. The Bertz CT molecular complexity index is 348. The first-order valence-corrected chi connectivity index (χ1v) is 7.13. The molecule has 0 bridgehead atoms. The minimum absolute atomic E-state index is 0.757. The summed E-state index contributed by atoms with van der Waals surface area (Å²) >= 11 is 3.50. The standard InChI is InChI=1S/C13H20BrN3/c14-12-2-1-7-16-13(12)17-9-11-5-3-10(8-15)4-6-11/h1-2,7,10-11H,3-6,8-9,15H2,(H,16,17). The van der Waals surface area contributed by atoms with Crippen molar-refractivity contribution >= 4 is 21.7 Å². The molecule has 1 aromatic rings. The van der Waals surface area contributed by atoms with Gasteiger partial charge in [0.15, 0.2) is 0 Å². The Morgan fingerprint density at radius 3 is 2.65 bits per heavy atom. The van der Waals surface area contributed by atoms with E-state index in [9.17, 15) is 0 Å². The van der Waals surface area contributed by atoms with Crippen molar-refractivity contribution < 1.29 is 0 Å². The fourth-order valence-corrected chi connectivity index (χ4v) is 2.82. The number of nitrogens with zero attached hydrogens (tertiary/aromatic N) is 1. The maximum atomic E-state index is 5.70. The van der Waals surface area contributed by atoms with Crippen LogP contribution in [-0.4, -0.2) is 18.1 Å². The number of hydrogen-bond acceptors (Lipinski definition) is 3. The summed E-state index contributed by atoms with van der Waals surface area (Å²) in [5.74, 6) is 2.48. The molecule has 0 atom stereocenters. The highest BCUT2D eigenvalue weighted by molar-refractivity contribution is 9.10. The van der Waals surface area contributed by atoms with Gasteiger partial charge in [-0.1, -0.05) is 0 Å². The van der Waals surface area contributed by atoms with E-state index in [2.05, 4.69) is 26.2 Å². The summed E-state index contributed by atoms with van der Waals surface area (Å²) in [7, 11) is 0. The van der Waals surface area contributed by atoms with Gasteiger partial charge < -0.3 is 11.1 Å². The average molecular weight is 298 g/mol. The molecule has 2 rings (SSSR count). The highest BCUT2D eigenvalue weighted by Gasteiger charge is 2.20. The molecule has 0 saturated heterocycles. The summed E-state index contributed by atoms with van der Waals surface area (Å²) in [4.78, 5) is 4.32. The van der Waals surface area contributed by atoms with Crippen molar-refractivity contribution in [3.63, 3.8) is 0 Å². The maximum Gasteiger partial charge on any atom is 0.140 e. The van der Waals surface area contributed by atoms with Crippen molar-refractivity contribution in [3.05, 3.63) is 22.8 Å². The van der Waals surface area contributed by atoms with Gasteiger partial charge in [-0.2, -0.15) is 0 Å². The number of rotatable bonds is 4. The summed E-state index contributed by atoms with van der Waals surface area (Å²) in [5.41, 5.74) is 5.70. The SMILES string of the molecule is NCC1CCC(CNc2ncccc2Br)CC1. The van der Waals surface area contributed by atoms with E-state index in [1.807, 2.05) is 18.3 Å². The van der Waals surface area contributed by atoms with Gasteiger partial charge >= 0.3 is 0 Å². The molecule has 0 unspecified atom stereocenters. The van der Waals surface area contributed by atoms with Gasteiger partial charge in [0.05, 0.1) is 4.47 Å². The van der Waals surface area contributed by atoms with Crippen molar-refractivity contribution in [2.75, 3.05) is 18.4 Å². The second kappa shape index (κ2) is 6.36. The monoisotopic (exact) mass is 297 g/mol.